The molecule has 0 saturated heterocycles. The second-order valence-corrected chi connectivity index (χ2v) is 5.36. The van der Waals surface area contributed by atoms with Gasteiger partial charge in [-0.3, -0.25) is 14.4 Å². The average molecular weight is 295 g/mol. The van der Waals surface area contributed by atoms with Gasteiger partial charge in [-0.15, -0.1) is 0 Å². The summed E-state index contributed by atoms with van der Waals surface area (Å²) in [6.45, 7) is 3.88. The molecule has 1 heterocycles. The highest BCUT2D eigenvalue weighted by atomic mass is 35.5. The topological polar surface area (TPSA) is 66.5 Å². The number of nitrogens with one attached hydrogen (secondary N) is 1. The van der Waals surface area contributed by atoms with Crippen LogP contribution in [0, 0.1) is 0 Å². The minimum atomic E-state index is -0.611. The second kappa shape index (κ2) is 5.63. The Morgan fingerprint density at radius 3 is 2.70 bits per heavy atom. The maximum absolute atomic E-state index is 11.9. The summed E-state index contributed by atoms with van der Waals surface area (Å²) in [6, 6.07) is 4.72. The fourth-order valence-corrected chi connectivity index (χ4v) is 2.26. The minimum absolute atomic E-state index is 0.0418. The lowest BCUT2D eigenvalue weighted by Gasteiger charge is -2.17. The van der Waals surface area contributed by atoms with Gasteiger partial charge in [-0.1, -0.05) is 11.6 Å². The van der Waals surface area contributed by atoms with Crippen molar-refractivity contribution in [1.29, 1.82) is 0 Å². The monoisotopic (exact) mass is 294 g/mol. The molecule has 0 spiro atoms. The van der Waals surface area contributed by atoms with E-state index in [1.807, 2.05) is 13.8 Å². The van der Waals surface area contributed by atoms with Crippen LogP contribution in [0.2, 0.25) is 5.02 Å². The number of carbonyl (C=O) groups is 3. The van der Waals surface area contributed by atoms with Crippen LogP contribution in [0.1, 0.15) is 30.6 Å². The summed E-state index contributed by atoms with van der Waals surface area (Å²) < 4.78 is 0. The van der Waals surface area contributed by atoms with Gasteiger partial charge in [0.15, 0.2) is 0 Å². The van der Waals surface area contributed by atoms with E-state index >= 15 is 0 Å². The molecule has 0 fully saturated rings. The number of benzene rings is 1. The molecule has 20 heavy (non-hydrogen) atoms. The molecular formula is C14H15ClN2O3. The predicted octanol–water partition coefficient (Wildman–Crippen LogP) is 1.78. The summed E-state index contributed by atoms with van der Waals surface area (Å²) in [5, 5.41) is 3.19. The van der Waals surface area contributed by atoms with Crippen molar-refractivity contribution in [3.05, 3.63) is 28.8 Å². The Balaban J connectivity index is 2.13. The van der Waals surface area contributed by atoms with Gasteiger partial charge in [0, 0.05) is 24.0 Å². The Kier molecular flexibility index (Phi) is 4.09. The summed E-state index contributed by atoms with van der Waals surface area (Å²) >= 11 is 5.89. The van der Waals surface area contributed by atoms with Crippen LogP contribution in [0.25, 0.3) is 0 Å². The Morgan fingerprint density at radius 1 is 1.35 bits per heavy atom. The molecule has 0 aliphatic carbocycles. The highest BCUT2D eigenvalue weighted by Gasteiger charge is 2.35. The molecule has 1 aromatic rings. The van der Waals surface area contributed by atoms with Crippen LogP contribution in [0.15, 0.2) is 18.2 Å². The van der Waals surface area contributed by atoms with Gasteiger partial charge in [0.05, 0.1) is 11.3 Å². The van der Waals surface area contributed by atoms with Crippen molar-refractivity contribution in [1.82, 2.24) is 5.32 Å². The number of amides is 2. The van der Waals surface area contributed by atoms with Crippen molar-refractivity contribution in [2.24, 2.45) is 0 Å². The molecule has 0 unspecified atom stereocenters. The van der Waals surface area contributed by atoms with E-state index < -0.39 is 11.7 Å². The second-order valence-electron chi connectivity index (χ2n) is 4.92. The first-order valence-electron chi connectivity index (χ1n) is 6.35. The molecule has 1 aliphatic heterocycles. The Hall–Kier alpha value is -1.88. The van der Waals surface area contributed by atoms with Gasteiger partial charge in [-0.25, -0.2) is 0 Å². The molecule has 2 amide bonds. The van der Waals surface area contributed by atoms with Crippen molar-refractivity contribution < 1.29 is 14.4 Å². The van der Waals surface area contributed by atoms with Gasteiger partial charge in [0.1, 0.15) is 0 Å². The Bertz CT molecular complexity index is 584. The molecule has 0 saturated carbocycles. The smallest absolute Gasteiger partial charge is 0.299 e. The van der Waals surface area contributed by atoms with E-state index in [0.717, 1.165) is 0 Å². The first-order valence-corrected chi connectivity index (χ1v) is 6.73. The zero-order valence-corrected chi connectivity index (χ0v) is 12.0. The molecule has 2 rings (SSSR count). The summed E-state index contributed by atoms with van der Waals surface area (Å²) in [5.74, 6) is -1.32. The lowest BCUT2D eigenvalue weighted by atomic mass is 10.1. The van der Waals surface area contributed by atoms with Crippen LogP contribution in [-0.2, 0) is 9.59 Å². The molecule has 0 atom stereocenters. The quantitative estimate of drug-likeness (QED) is 0.861. The molecule has 106 valence electrons. The summed E-state index contributed by atoms with van der Waals surface area (Å²) in [7, 11) is 0. The fourth-order valence-electron chi connectivity index (χ4n) is 2.10. The summed E-state index contributed by atoms with van der Waals surface area (Å²) in [5.41, 5.74) is 0.813. The van der Waals surface area contributed by atoms with Crippen LogP contribution >= 0.6 is 11.6 Å². The lowest BCUT2D eigenvalue weighted by Crippen LogP contribution is -2.36. The SMILES string of the molecule is CC(C)NC(=O)CCN1C(=O)C(=O)c2ccc(Cl)cc21. The van der Waals surface area contributed by atoms with E-state index in [1.54, 1.807) is 12.1 Å². The van der Waals surface area contributed by atoms with Crippen molar-refractivity contribution in [3.8, 4) is 0 Å². The Morgan fingerprint density at radius 2 is 2.05 bits per heavy atom. The van der Waals surface area contributed by atoms with E-state index in [4.69, 9.17) is 11.6 Å². The number of nitrogens with zero attached hydrogens (tertiary/aromatic N) is 1. The summed E-state index contributed by atoms with van der Waals surface area (Å²) in [6.07, 6.45) is 0.142. The van der Waals surface area contributed by atoms with Crippen molar-refractivity contribution in [2.75, 3.05) is 11.4 Å². The first-order chi connectivity index (χ1) is 9.40. The lowest BCUT2D eigenvalue weighted by molar-refractivity contribution is -0.121. The van der Waals surface area contributed by atoms with E-state index in [0.29, 0.717) is 16.3 Å². The molecule has 0 radical (unpaired) electrons. The third kappa shape index (κ3) is 2.82. The molecule has 1 aromatic carbocycles. The third-order valence-corrected chi connectivity index (χ3v) is 3.18. The molecule has 1 aliphatic rings. The zero-order chi connectivity index (χ0) is 14.9. The molecule has 6 heteroatoms. The number of anilines is 1. The number of Topliss-reactive ketones (excluding diaryl/α,β-unsaturated/α-hetero) is 1. The van der Waals surface area contributed by atoms with Gasteiger partial charge >= 0.3 is 0 Å². The molecule has 1 N–H and O–H groups in total. The zero-order valence-electron chi connectivity index (χ0n) is 11.3. The normalized spacial score (nSPS) is 13.9. The van der Waals surface area contributed by atoms with E-state index in [2.05, 4.69) is 5.32 Å². The number of rotatable bonds is 4. The average Bonchev–Trinajstić information content (AvgIpc) is 2.59. The van der Waals surface area contributed by atoms with E-state index in [-0.39, 0.29) is 24.9 Å². The molecule has 0 bridgehead atoms. The molecular weight excluding hydrogens is 280 g/mol. The summed E-state index contributed by atoms with van der Waals surface area (Å²) in [4.78, 5) is 36.6. The van der Waals surface area contributed by atoms with E-state index in [9.17, 15) is 14.4 Å². The van der Waals surface area contributed by atoms with Gasteiger partial charge in [-0.05, 0) is 32.0 Å². The minimum Gasteiger partial charge on any atom is -0.354 e. The van der Waals surface area contributed by atoms with Crippen molar-refractivity contribution in [3.63, 3.8) is 0 Å². The number of ketones is 1. The first kappa shape index (κ1) is 14.5. The third-order valence-electron chi connectivity index (χ3n) is 2.95. The van der Waals surface area contributed by atoms with E-state index in [1.165, 1.54) is 11.0 Å². The van der Waals surface area contributed by atoms with Crippen molar-refractivity contribution in [2.45, 2.75) is 26.3 Å². The predicted molar refractivity (Wildman–Crippen MR) is 76.0 cm³/mol. The number of hydrogen-bond donors (Lipinski definition) is 1. The standard InChI is InChI=1S/C14H15ClN2O3/c1-8(2)16-12(18)5-6-17-11-7-9(15)3-4-10(11)13(19)14(17)20/h3-4,7-8H,5-6H2,1-2H3,(H,16,18). The maximum atomic E-state index is 11.9. The van der Waals surface area contributed by atoms with Crippen LogP contribution in [0.3, 0.4) is 0 Å². The molecule has 0 aromatic heterocycles. The van der Waals surface area contributed by atoms with Crippen LogP contribution < -0.4 is 10.2 Å². The number of fused-ring (bicyclic) bond motifs is 1. The van der Waals surface area contributed by atoms with Crippen molar-refractivity contribution >= 4 is 34.9 Å². The number of halogens is 1. The number of hydrogen-bond acceptors (Lipinski definition) is 3. The highest BCUT2D eigenvalue weighted by molar-refractivity contribution is 6.52. The van der Waals surface area contributed by atoms with Gasteiger partial charge in [0.25, 0.3) is 11.7 Å². The van der Waals surface area contributed by atoms with Crippen LogP contribution in [-0.4, -0.2) is 30.2 Å². The van der Waals surface area contributed by atoms with Gasteiger partial charge in [-0.2, -0.15) is 0 Å². The van der Waals surface area contributed by atoms with Gasteiger partial charge in [0.2, 0.25) is 5.91 Å². The molecule has 5 nitrogen and oxygen atoms in total. The van der Waals surface area contributed by atoms with Crippen LogP contribution in [0.4, 0.5) is 5.69 Å². The Labute approximate surface area is 121 Å². The largest absolute Gasteiger partial charge is 0.354 e. The van der Waals surface area contributed by atoms with Crippen LogP contribution in [0.5, 0.6) is 0 Å². The number of carbonyl (C=O) groups excluding carboxylic acids is 3. The fraction of sp³-hybridized carbons (Fsp3) is 0.357. The maximum Gasteiger partial charge on any atom is 0.299 e. The van der Waals surface area contributed by atoms with Gasteiger partial charge < -0.3 is 10.2 Å². The highest BCUT2D eigenvalue weighted by Crippen LogP contribution is 2.31.